The molecule has 0 saturated carbocycles. The monoisotopic (exact) mass is 354 g/mol. The van der Waals surface area contributed by atoms with Crippen molar-refractivity contribution in [1.82, 2.24) is 15.1 Å². The van der Waals surface area contributed by atoms with Gasteiger partial charge in [0.15, 0.2) is 5.76 Å². The van der Waals surface area contributed by atoms with Gasteiger partial charge in [0.2, 0.25) is 0 Å². The first-order valence-corrected chi connectivity index (χ1v) is 6.65. The molecule has 0 bridgehead atoms. The first kappa shape index (κ1) is 15.0. The van der Waals surface area contributed by atoms with Crippen molar-refractivity contribution < 1.29 is 14.1 Å². The van der Waals surface area contributed by atoms with Crippen LogP contribution in [0.25, 0.3) is 0 Å². The van der Waals surface area contributed by atoms with Gasteiger partial charge in [0.25, 0.3) is 5.91 Å². The van der Waals surface area contributed by atoms with E-state index in [9.17, 15) is 14.9 Å². The van der Waals surface area contributed by atoms with Crippen molar-refractivity contribution in [2.24, 2.45) is 0 Å². The molecule has 1 amide bonds. The fourth-order valence-electron chi connectivity index (χ4n) is 1.59. The smallest absolute Gasteiger partial charge is 0.404 e. The predicted octanol–water partition coefficient (Wildman–Crippen LogP) is 2.11. The minimum Gasteiger partial charge on any atom is -0.454 e. The number of hydrogen-bond donors (Lipinski definition) is 1. The van der Waals surface area contributed by atoms with Crippen molar-refractivity contribution >= 4 is 27.7 Å². The number of carbonyl (C=O) groups is 1. The number of hydrogen-bond acceptors (Lipinski definition) is 5. The maximum absolute atomic E-state index is 11.6. The molecule has 2 rings (SSSR count). The van der Waals surface area contributed by atoms with Crippen LogP contribution in [0, 0.1) is 10.1 Å². The third-order valence-corrected chi connectivity index (χ3v) is 3.04. The maximum Gasteiger partial charge on any atom is 0.404 e. The Morgan fingerprint density at radius 2 is 2.38 bits per heavy atom. The summed E-state index contributed by atoms with van der Waals surface area (Å²) in [4.78, 5) is 21.8. The van der Waals surface area contributed by atoms with Crippen molar-refractivity contribution in [3.63, 3.8) is 0 Å². The number of nitrogens with zero attached hydrogens (tertiary/aromatic N) is 3. The lowest BCUT2D eigenvalue weighted by molar-refractivity contribution is -0.390. The van der Waals surface area contributed by atoms with Crippen LogP contribution in [0.15, 0.2) is 39.9 Å². The summed E-state index contributed by atoms with van der Waals surface area (Å²) < 4.78 is 7.00. The standard InChI is InChI=1S/C12H11BrN4O4/c1-2-5-14-12(18)10-4-3-8(21-10)6-16-7-9(13)11(15-16)17(19)20/h2-4,7H,1,5-6H2,(H,14,18). The lowest BCUT2D eigenvalue weighted by Gasteiger charge is -1.98. The number of halogens is 1. The molecule has 0 unspecified atom stereocenters. The number of nitrogens with one attached hydrogen (secondary N) is 1. The lowest BCUT2D eigenvalue weighted by atomic mass is 10.4. The van der Waals surface area contributed by atoms with Gasteiger partial charge in [-0.25, -0.2) is 0 Å². The van der Waals surface area contributed by atoms with Crippen molar-refractivity contribution in [3.05, 3.63) is 57.1 Å². The quantitative estimate of drug-likeness (QED) is 0.486. The molecule has 110 valence electrons. The number of nitro groups is 1. The summed E-state index contributed by atoms with van der Waals surface area (Å²) in [6.07, 6.45) is 3.03. The van der Waals surface area contributed by atoms with Gasteiger partial charge in [0.1, 0.15) is 16.8 Å². The van der Waals surface area contributed by atoms with E-state index < -0.39 is 4.92 Å². The molecule has 21 heavy (non-hydrogen) atoms. The molecule has 0 aromatic carbocycles. The highest BCUT2D eigenvalue weighted by Crippen LogP contribution is 2.22. The van der Waals surface area contributed by atoms with Crippen LogP contribution in [0.4, 0.5) is 5.82 Å². The third-order valence-electron chi connectivity index (χ3n) is 2.48. The number of furan rings is 1. The molecule has 0 aliphatic rings. The number of carbonyl (C=O) groups excluding carboxylic acids is 1. The Hall–Kier alpha value is -2.42. The van der Waals surface area contributed by atoms with Crippen LogP contribution in [0.1, 0.15) is 16.3 Å². The van der Waals surface area contributed by atoms with Gasteiger partial charge in [-0.3, -0.25) is 4.79 Å². The van der Waals surface area contributed by atoms with Crippen LogP contribution in [0.5, 0.6) is 0 Å². The first-order chi connectivity index (χ1) is 10.0. The number of aromatic nitrogens is 2. The van der Waals surface area contributed by atoms with Gasteiger partial charge in [0, 0.05) is 6.54 Å². The Morgan fingerprint density at radius 1 is 1.62 bits per heavy atom. The van der Waals surface area contributed by atoms with Crippen LogP contribution < -0.4 is 5.32 Å². The van der Waals surface area contributed by atoms with Gasteiger partial charge in [-0.1, -0.05) is 6.08 Å². The molecule has 0 aliphatic carbocycles. The molecule has 9 heteroatoms. The summed E-state index contributed by atoms with van der Waals surface area (Å²) in [6, 6.07) is 3.14. The van der Waals surface area contributed by atoms with E-state index in [4.69, 9.17) is 4.42 Å². The minimum absolute atomic E-state index is 0.160. The van der Waals surface area contributed by atoms with E-state index in [1.54, 1.807) is 12.1 Å². The molecule has 2 aromatic heterocycles. The Labute approximate surface area is 127 Å². The summed E-state index contributed by atoms with van der Waals surface area (Å²) in [5, 5.41) is 17.1. The van der Waals surface area contributed by atoms with Crippen molar-refractivity contribution in [2.45, 2.75) is 6.54 Å². The van der Waals surface area contributed by atoms with Crippen LogP contribution in [0.3, 0.4) is 0 Å². The van der Waals surface area contributed by atoms with Gasteiger partial charge < -0.3 is 19.8 Å². The SMILES string of the molecule is C=CCNC(=O)c1ccc(Cn2cc(Br)c([N+](=O)[O-])n2)o1. The zero-order chi connectivity index (χ0) is 15.4. The number of amides is 1. The van der Waals surface area contributed by atoms with Crippen LogP contribution in [-0.2, 0) is 6.54 Å². The van der Waals surface area contributed by atoms with E-state index in [1.807, 2.05) is 0 Å². The van der Waals surface area contributed by atoms with Gasteiger partial charge >= 0.3 is 5.82 Å². The van der Waals surface area contributed by atoms with Crippen LogP contribution in [-0.4, -0.2) is 27.2 Å². The molecule has 0 radical (unpaired) electrons. The molecule has 8 nitrogen and oxygen atoms in total. The van der Waals surface area contributed by atoms with Crippen molar-refractivity contribution in [1.29, 1.82) is 0 Å². The van der Waals surface area contributed by atoms with Crippen LogP contribution in [0.2, 0.25) is 0 Å². The Bertz CT molecular complexity index is 691. The molecule has 0 aliphatic heterocycles. The summed E-state index contributed by atoms with van der Waals surface area (Å²) in [5.41, 5.74) is 0. The second-order valence-electron chi connectivity index (χ2n) is 4.02. The molecule has 0 atom stereocenters. The first-order valence-electron chi connectivity index (χ1n) is 5.86. The zero-order valence-corrected chi connectivity index (χ0v) is 12.4. The predicted molar refractivity (Wildman–Crippen MR) is 76.9 cm³/mol. The third kappa shape index (κ3) is 3.57. The highest BCUT2D eigenvalue weighted by molar-refractivity contribution is 9.10. The van der Waals surface area contributed by atoms with E-state index in [0.717, 1.165) is 0 Å². The molecule has 2 heterocycles. The van der Waals surface area contributed by atoms with Gasteiger partial charge in [-0.2, -0.15) is 4.68 Å². The van der Waals surface area contributed by atoms with E-state index in [2.05, 4.69) is 32.9 Å². The molecule has 0 saturated heterocycles. The van der Waals surface area contributed by atoms with E-state index in [-0.39, 0.29) is 28.5 Å². The summed E-state index contributed by atoms with van der Waals surface area (Å²) in [7, 11) is 0. The average molecular weight is 355 g/mol. The normalized spacial score (nSPS) is 10.3. The summed E-state index contributed by atoms with van der Waals surface area (Å²) in [5.74, 6) is -0.00416. The summed E-state index contributed by atoms with van der Waals surface area (Å²) >= 11 is 3.06. The highest BCUT2D eigenvalue weighted by Gasteiger charge is 2.19. The second kappa shape index (κ2) is 6.35. The van der Waals surface area contributed by atoms with Gasteiger partial charge in [0.05, 0.1) is 11.3 Å². The second-order valence-corrected chi connectivity index (χ2v) is 4.87. The van der Waals surface area contributed by atoms with Crippen LogP contribution >= 0.6 is 15.9 Å². The molecular weight excluding hydrogens is 344 g/mol. The molecular formula is C12H11BrN4O4. The Morgan fingerprint density at radius 3 is 3.00 bits per heavy atom. The van der Waals surface area contributed by atoms with E-state index >= 15 is 0 Å². The Kier molecular flexibility index (Phi) is 4.53. The topological polar surface area (TPSA) is 103 Å². The molecule has 1 N–H and O–H groups in total. The lowest BCUT2D eigenvalue weighted by Crippen LogP contribution is -2.22. The Balaban J connectivity index is 2.09. The average Bonchev–Trinajstić information content (AvgIpc) is 3.03. The number of rotatable bonds is 6. The summed E-state index contributed by atoms with van der Waals surface area (Å²) in [6.45, 7) is 4.02. The fraction of sp³-hybridized carbons (Fsp3) is 0.167. The minimum atomic E-state index is -0.586. The largest absolute Gasteiger partial charge is 0.454 e. The van der Waals surface area contributed by atoms with E-state index in [1.165, 1.54) is 16.9 Å². The molecule has 2 aromatic rings. The molecule has 0 fully saturated rings. The molecule has 0 spiro atoms. The van der Waals surface area contributed by atoms with Gasteiger partial charge in [-0.15, -0.1) is 6.58 Å². The van der Waals surface area contributed by atoms with Gasteiger partial charge in [-0.05, 0) is 33.0 Å². The van der Waals surface area contributed by atoms with Crippen molar-refractivity contribution in [3.8, 4) is 0 Å². The fourth-order valence-corrected chi connectivity index (χ4v) is 2.05. The highest BCUT2D eigenvalue weighted by atomic mass is 79.9. The zero-order valence-electron chi connectivity index (χ0n) is 10.8. The maximum atomic E-state index is 11.6. The van der Waals surface area contributed by atoms with E-state index in [0.29, 0.717) is 12.3 Å². The van der Waals surface area contributed by atoms with Crippen molar-refractivity contribution in [2.75, 3.05) is 6.54 Å².